The van der Waals surface area contributed by atoms with E-state index in [0.717, 1.165) is 18.2 Å². The van der Waals surface area contributed by atoms with Crippen LogP contribution in [0.5, 0.6) is 0 Å². The van der Waals surface area contributed by atoms with Crippen molar-refractivity contribution in [1.82, 2.24) is 10.6 Å². The molecule has 1 aliphatic carbocycles. The predicted molar refractivity (Wildman–Crippen MR) is 64.1 cm³/mol. The molecule has 4 heteroatoms. The summed E-state index contributed by atoms with van der Waals surface area (Å²) in [4.78, 5) is 11.4. The maximum Gasteiger partial charge on any atom is 0.233 e. The molecule has 1 aliphatic heterocycles. The van der Waals surface area contributed by atoms with Gasteiger partial charge in [-0.25, -0.2) is 0 Å². The number of carbonyl (C=O) groups excluding carboxylic acids is 1. The van der Waals surface area contributed by atoms with Gasteiger partial charge >= 0.3 is 0 Å². The lowest BCUT2D eigenvalue weighted by Crippen LogP contribution is -2.41. The van der Waals surface area contributed by atoms with Gasteiger partial charge in [0.25, 0.3) is 0 Å². The van der Waals surface area contributed by atoms with Crippen molar-refractivity contribution in [2.45, 2.75) is 31.7 Å². The number of thioether (sulfide) groups is 1. The first-order valence-electron chi connectivity index (χ1n) is 5.92. The molecule has 0 bridgehead atoms. The highest BCUT2D eigenvalue weighted by molar-refractivity contribution is 7.99. The van der Waals surface area contributed by atoms with E-state index in [2.05, 4.69) is 10.6 Å². The van der Waals surface area contributed by atoms with Gasteiger partial charge in [0, 0.05) is 18.3 Å². The molecule has 0 aromatic rings. The standard InChI is InChI=1S/C11H20N2OS/c14-11(13-6-9-3-4-9)7-12-10-2-1-5-15-8-10/h9-10,12H,1-8H2,(H,13,14). The van der Waals surface area contributed by atoms with Crippen molar-refractivity contribution in [3.8, 4) is 0 Å². The molecule has 2 fully saturated rings. The van der Waals surface area contributed by atoms with Crippen molar-refractivity contribution < 1.29 is 4.79 Å². The molecule has 3 nitrogen and oxygen atoms in total. The predicted octanol–water partition coefficient (Wildman–Crippen LogP) is 0.998. The molecule has 86 valence electrons. The van der Waals surface area contributed by atoms with Crippen molar-refractivity contribution in [3.63, 3.8) is 0 Å². The fourth-order valence-corrected chi connectivity index (χ4v) is 2.89. The molecule has 0 spiro atoms. The molecule has 0 aromatic carbocycles. The van der Waals surface area contributed by atoms with Crippen molar-refractivity contribution in [2.75, 3.05) is 24.6 Å². The van der Waals surface area contributed by atoms with E-state index >= 15 is 0 Å². The normalized spacial score (nSPS) is 26.3. The Balaban J connectivity index is 1.53. The van der Waals surface area contributed by atoms with E-state index in [1.165, 1.54) is 31.4 Å². The lowest BCUT2D eigenvalue weighted by molar-refractivity contribution is -0.120. The van der Waals surface area contributed by atoms with E-state index in [1.807, 2.05) is 11.8 Å². The lowest BCUT2D eigenvalue weighted by Gasteiger charge is -2.22. The van der Waals surface area contributed by atoms with Gasteiger partial charge in [-0.2, -0.15) is 11.8 Å². The van der Waals surface area contributed by atoms with Crippen LogP contribution in [0.2, 0.25) is 0 Å². The number of nitrogens with one attached hydrogen (secondary N) is 2. The fraction of sp³-hybridized carbons (Fsp3) is 0.909. The van der Waals surface area contributed by atoms with E-state index < -0.39 is 0 Å². The molecule has 15 heavy (non-hydrogen) atoms. The molecule has 1 saturated carbocycles. The van der Waals surface area contributed by atoms with Gasteiger partial charge in [-0.15, -0.1) is 0 Å². The maximum atomic E-state index is 11.4. The number of hydrogen-bond donors (Lipinski definition) is 2. The van der Waals surface area contributed by atoms with Gasteiger partial charge in [0.05, 0.1) is 6.54 Å². The summed E-state index contributed by atoms with van der Waals surface area (Å²) >= 11 is 1.99. The molecule has 1 unspecified atom stereocenters. The molecule has 1 heterocycles. The van der Waals surface area contributed by atoms with Crippen LogP contribution in [0.4, 0.5) is 0 Å². The first-order valence-corrected chi connectivity index (χ1v) is 7.08. The highest BCUT2D eigenvalue weighted by atomic mass is 32.2. The molecule has 1 saturated heterocycles. The smallest absolute Gasteiger partial charge is 0.233 e. The van der Waals surface area contributed by atoms with E-state index in [-0.39, 0.29) is 5.91 Å². The Kier molecular flexibility index (Phi) is 4.32. The van der Waals surface area contributed by atoms with Gasteiger partial charge < -0.3 is 10.6 Å². The third-order valence-electron chi connectivity index (χ3n) is 3.00. The van der Waals surface area contributed by atoms with E-state index in [1.54, 1.807) is 0 Å². The van der Waals surface area contributed by atoms with Crippen LogP contribution in [0.15, 0.2) is 0 Å². The topological polar surface area (TPSA) is 41.1 Å². The fourth-order valence-electron chi connectivity index (χ4n) is 1.78. The number of amides is 1. The third kappa shape index (κ3) is 4.43. The zero-order valence-electron chi connectivity index (χ0n) is 9.13. The highest BCUT2D eigenvalue weighted by Crippen LogP contribution is 2.27. The molecule has 2 rings (SSSR count). The average Bonchev–Trinajstić information content (AvgIpc) is 3.09. The minimum atomic E-state index is 0.164. The minimum Gasteiger partial charge on any atom is -0.355 e. The first-order chi connectivity index (χ1) is 7.34. The van der Waals surface area contributed by atoms with Gasteiger partial charge in [0.2, 0.25) is 5.91 Å². The van der Waals surface area contributed by atoms with Crippen molar-refractivity contribution in [2.24, 2.45) is 5.92 Å². The quantitative estimate of drug-likeness (QED) is 0.737. The zero-order chi connectivity index (χ0) is 10.5. The Morgan fingerprint density at radius 2 is 2.20 bits per heavy atom. The van der Waals surface area contributed by atoms with Crippen molar-refractivity contribution in [1.29, 1.82) is 0 Å². The maximum absolute atomic E-state index is 11.4. The summed E-state index contributed by atoms with van der Waals surface area (Å²) in [6.45, 7) is 1.39. The van der Waals surface area contributed by atoms with E-state index in [0.29, 0.717) is 12.6 Å². The third-order valence-corrected chi connectivity index (χ3v) is 4.21. The average molecular weight is 228 g/mol. The summed E-state index contributed by atoms with van der Waals surface area (Å²) in [6, 6.07) is 0.551. The summed E-state index contributed by atoms with van der Waals surface area (Å²) in [6.07, 6.45) is 5.11. The number of rotatable bonds is 5. The Hall–Kier alpha value is -0.220. The second-order valence-corrected chi connectivity index (χ2v) is 5.69. The van der Waals surface area contributed by atoms with Crippen LogP contribution in [0.3, 0.4) is 0 Å². The van der Waals surface area contributed by atoms with Gasteiger partial charge in [-0.1, -0.05) is 0 Å². The summed E-state index contributed by atoms with van der Waals surface area (Å²) in [7, 11) is 0. The summed E-state index contributed by atoms with van der Waals surface area (Å²) < 4.78 is 0. The highest BCUT2D eigenvalue weighted by Gasteiger charge is 2.21. The Labute approximate surface area is 95.8 Å². The molecule has 0 aromatic heterocycles. The second kappa shape index (κ2) is 5.75. The first kappa shape index (κ1) is 11.3. The van der Waals surface area contributed by atoms with Crippen LogP contribution in [0, 0.1) is 5.92 Å². The Bertz CT molecular complexity index is 213. The van der Waals surface area contributed by atoms with Crippen LogP contribution < -0.4 is 10.6 Å². The molecular formula is C11H20N2OS. The van der Waals surface area contributed by atoms with Gasteiger partial charge in [0.1, 0.15) is 0 Å². The minimum absolute atomic E-state index is 0.164. The van der Waals surface area contributed by atoms with Crippen LogP contribution in [-0.2, 0) is 4.79 Å². The molecule has 1 atom stereocenters. The van der Waals surface area contributed by atoms with Crippen LogP contribution in [-0.4, -0.2) is 36.5 Å². The van der Waals surface area contributed by atoms with Crippen molar-refractivity contribution in [3.05, 3.63) is 0 Å². The summed E-state index contributed by atoms with van der Waals surface area (Å²) in [5.41, 5.74) is 0. The van der Waals surface area contributed by atoms with Gasteiger partial charge in [0.15, 0.2) is 0 Å². The van der Waals surface area contributed by atoms with Crippen molar-refractivity contribution >= 4 is 17.7 Å². The summed E-state index contributed by atoms with van der Waals surface area (Å²) in [5.74, 6) is 3.39. The molecule has 2 N–H and O–H groups in total. The summed E-state index contributed by atoms with van der Waals surface area (Å²) in [5, 5.41) is 6.31. The van der Waals surface area contributed by atoms with Crippen LogP contribution in [0.1, 0.15) is 25.7 Å². The lowest BCUT2D eigenvalue weighted by atomic mass is 10.2. The van der Waals surface area contributed by atoms with Crippen LogP contribution >= 0.6 is 11.8 Å². The Morgan fingerprint density at radius 3 is 2.87 bits per heavy atom. The monoisotopic (exact) mass is 228 g/mol. The van der Waals surface area contributed by atoms with E-state index in [4.69, 9.17) is 0 Å². The van der Waals surface area contributed by atoms with E-state index in [9.17, 15) is 4.79 Å². The largest absolute Gasteiger partial charge is 0.355 e. The molecular weight excluding hydrogens is 208 g/mol. The second-order valence-electron chi connectivity index (χ2n) is 4.54. The van der Waals surface area contributed by atoms with Gasteiger partial charge in [-0.3, -0.25) is 4.79 Å². The van der Waals surface area contributed by atoms with Crippen LogP contribution in [0.25, 0.3) is 0 Å². The number of carbonyl (C=O) groups is 1. The SMILES string of the molecule is O=C(CNC1CCCSC1)NCC1CC1. The number of hydrogen-bond acceptors (Lipinski definition) is 3. The van der Waals surface area contributed by atoms with Gasteiger partial charge in [-0.05, 0) is 37.4 Å². The Morgan fingerprint density at radius 1 is 1.33 bits per heavy atom. The molecule has 1 amide bonds. The zero-order valence-corrected chi connectivity index (χ0v) is 9.94. The molecule has 2 aliphatic rings. The molecule has 0 radical (unpaired) electrons.